The first kappa shape index (κ1) is 18.0. The van der Waals surface area contributed by atoms with E-state index >= 15 is 0 Å². The first-order valence-electron chi connectivity index (χ1n) is 8.29. The quantitative estimate of drug-likeness (QED) is 0.828. The van der Waals surface area contributed by atoms with Crippen LogP contribution in [0, 0.1) is 0 Å². The summed E-state index contributed by atoms with van der Waals surface area (Å²) in [6.07, 6.45) is 4.03. The zero-order valence-electron chi connectivity index (χ0n) is 13.9. The first-order valence-corrected chi connectivity index (χ1v) is 10.2. The monoisotopic (exact) mass is 376 g/mol. The van der Waals surface area contributed by atoms with Gasteiger partial charge in [-0.05, 0) is 54.3 Å². The molecule has 0 aromatic heterocycles. The van der Waals surface area contributed by atoms with Crippen molar-refractivity contribution in [3.8, 4) is 0 Å². The molecule has 0 bridgehead atoms. The molecule has 0 amide bonds. The largest absolute Gasteiger partial charge is 0.372 e. The summed E-state index contributed by atoms with van der Waals surface area (Å²) in [6, 6.07) is 15.0. The lowest BCUT2D eigenvalue weighted by molar-refractivity contribution is 0.591. The predicted octanol–water partition coefficient (Wildman–Crippen LogP) is 4.03. The minimum atomic E-state index is -3.49. The Morgan fingerprint density at radius 3 is 2.28 bits per heavy atom. The third kappa shape index (κ3) is 5.33. The van der Waals surface area contributed by atoms with E-state index < -0.39 is 10.0 Å². The summed E-state index contributed by atoms with van der Waals surface area (Å²) in [5.41, 5.74) is 2.92. The van der Waals surface area contributed by atoms with Crippen LogP contribution in [0.1, 0.15) is 24.0 Å². The van der Waals surface area contributed by atoms with Crippen molar-refractivity contribution in [3.05, 3.63) is 70.1 Å². The summed E-state index contributed by atoms with van der Waals surface area (Å²) in [4.78, 5) is 2.35. The fourth-order valence-corrected chi connectivity index (χ4v) is 3.70. The molecule has 0 aliphatic carbocycles. The number of rotatable bonds is 6. The Labute approximate surface area is 154 Å². The van der Waals surface area contributed by atoms with Crippen molar-refractivity contribution in [1.82, 2.24) is 4.72 Å². The SMILES string of the molecule is O=S(=O)(/C=C/c1ccc(Cl)cc1)NCc1ccc(N2CCCC2)cc1. The van der Waals surface area contributed by atoms with Crippen molar-refractivity contribution in [3.63, 3.8) is 0 Å². The normalized spacial score (nSPS) is 15.2. The Balaban J connectivity index is 1.57. The van der Waals surface area contributed by atoms with Crippen LogP contribution < -0.4 is 9.62 Å². The van der Waals surface area contributed by atoms with Crippen molar-refractivity contribution in [2.45, 2.75) is 19.4 Å². The Morgan fingerprint density at radius 1 is 1.00 bits per heavy atom. The summed E-state index contributed by atoms with van der Waals surface area (Å²) in [7, 11) is -3.49. The smallest absolute Gasteiger partial charge is 0.234 e. The molecule has 0 atom stereocenters. The number of benzene rings is 2. The van der Waals surface area contributed by atoms with Gasteiger partial charge >= 0.3 is 0 Å². The zero-order chi connectivity index (χ0) is 17.7. The van der Waals surface area contributed by atoms with E-state index in [9.17, 15) is 8.42 Å². The summed E-state index contributed by atoms with van der Waals surface area (Å²) >= 11 is 5.81. The van der Waals surface area contributed by atoms with Gasteiger partial charge in [0.15, 0.2) is 0 Å². The number of hydrogen-bond donors (Lipinski definition) is 1. The molecule has 1 fully saturated rings. The minimum Gasteiger partial charge on any atom is -0.372 e. The van der Waals surface area contributed by atoms with Crippen LogP contribution in [0.25, 0.3) is 6.08 Å². The molecule has 0 radical (unpaired) electrons. The molecule has 2 aromatic rings. The molecular formula is C19H21ClN2O2S. The van der Waals surface area contributed by atoms with Crippen LogP contribution in [-0.4, -0.2) is 21.5 Å². The Hall–Kier alpha value is -1.82. The number of anilines is 1. The molecule has 1 N–H and O–H groups in total. The number of hydrogen-bond acceptors (Lipinski definition) is 3. The van der Waals surface area contributed by atoms with Gasteiger partial charge < -0.3 is 4.90 Å². The van der Waals surface area contributed by atoms with Crippen LogP contribution in [0.3, 0.4) is 0 Å². The molecule has 0 spiro atoms. The van der Waals surface area contributed by atoms with Gasteiger partial charge in [-0.1, -0.05) is 35.9 Å². The lowest BCUT2D eigenvalue weighted by Gasteiger charge is -2.17. The van der Waals surface area contributed by atoms with E-state index in [4.69, 9.17) is 11.6 Å². The molecule has 25 heavy (non-hydrogen) atoms. The molecule has 1 aliphatic rings. The van der Waals surface area contributed by atoms with Crippen molar-refractivity contribution in [2.75, 3.05) is 18.0 Å². The minimum absolute atomic E-state index is 0.271. The molecule has 1 heterocycles. The maximum Gasteiger partial charge on any atom is 0.234 e. The van der Waals surface area contributed by atoms with Crippen molar-refractivity contribution >= 4 is 33.4 Å². The van der Waals surface area contributed by atoms with E-state index in [1.54, 1.807) is 30.3 Å². The molecule has 132 valence electrons. The maximum atomic E-state index is 12.1. The van der Waals surface area contributed by atoms with E-state index in [1.807, 2.05) is 12.1 Å². The number of nitrogens with one attached hydrogen (secondary N) is 1. The Kier molecular flexibility index (Phi) is 5.78. The van der Waals surface area contributed by atoms with Crippen LogP contribution in [0.15, 0.2) is 53.9 Å². The average Bonchev–Trinajstić information content (AvgIpc) is 3.15. The predicted molar refractivity (Wildman–Crippen MR) is 104 cm³/mol. The van der Waals surface area contributed by atoms with E-state index in [1.165, 1.54) is 23.9 Å². The highest BCUT2D eigenvalue weighted by molar-refractivity contribution is 7.92. The Morgan fingerprint density at radius 2 is 1.64 bits per heavy atom. The highest BCUT2D eigenvalue weighted by atomic mass is 35.5. The van der Waals surface area contributed by atoms with E-state index in [0.717, 1.165) is 24.2 Å². The van der Waals surface area contributed by atoms with Crippen LogP contribution in [0.5, 0.6) is 0 Å². The third-order valence-corrected chi connectivity index (χ3v) is 5.49. The van der Waals surface area contributed by atoms with E-state index in [-0.39, 0.29) is 6.54 Å². The molecule has 0 saturated carbocycles. The van der Waals surface area contributed by atoms with Gasteiger partial charge in [0.2, 0.25) is 10.0 Å². The fourth-order valence-electron chi connectivity index (χ4n) is 2.77. The van der Waals surface area contributed by atoms with E-state index in [2.05, 4.69) is 21.8 Å². The third-order valence-electron chi connectivity index (χ3n) is 4.19. The molecule has 4 nitrogen and oxygen atoms in total. The lowest BCUT2D eigenvalue weighted by Crippen LogP contribution is -2.21. The molecular weight excluding hydrogens is 356 g/mol. The van der Waals surface area contributed by atoms with Gasteiger partial charge in [-0.3, -0.25) is 0 Å². The van der Waals surface area contributed by atoms with Gasteiger partial charge in [0.25, 0.3) is 0 Å². The number of halogens is 1. The molecule has 3 rings (SSSR count). The molecule has 1 aliphatic heterocycles. The van der Waals surface area contributed by atoms with Crippen molar-refractivity contribution < 1.29 is 8.42 Å². The maximum absolute atomic E-state index is 12.1. The Bertz CT molecular complexity index is 825. The van der Waals surface area contributed by atoms with Gasteiger partial charge in [0, 0.05) is 35.8 Å². The zero-order valence-corrected chi connectivity index (χ0v) is 15.4. The number of sulfonamides is 1. The van der Waals surface area contributed by atoms with Crippen LogP contribution in [0.2, 0.25) is 5.02 Å². The highest BCUT2D eigenvalue weighted by Crippen LogP contribution is 2.20. The fraction of sp³-hybridized carbons (Fsp3) is 0.263. The second-order valence-electron chi connectivity index (χ2n) is 6.08. The summed E-state index contributed by atoms with van der Waals surface area (Å²) in [5.74, 6) is 0. The standard InChI is InChI=1S/C19H21ClN2O2S/c20-18-7-3-16(4-8-18)11-14-25(23,24)21-15-17-5-9-19(10-6-17)22-12-1-2-13-22/h3-11,14,21H,1-2,12-13,15H2/b14-11+. The summed E-state index contributed by atoms with van der Waals surface area (Å²) < 4.78 is 26.8. The van der Waals surface area contributed by atoms with Gasteiger partial charge in [-0.2, -0.15) is 0 Å². The topological polar surface area (TPSA) is 49.4 Å². The van der Waals surface area contributed by atoms with Crippen molar-refractivity contribution in [1.29, 1.82) is 0 Å². The van der Waals surface area contributed by atoms with Gasteiger partial charge in [-0.15, -0.1) is 0 Å². The first-order chi connectivity index (χ1) is 12.0. The van der Waals surface area contributed by atoms with Gasteiger partial charge in [0.1, 0.15) is 0 Å². The summed E-state index contributed by atoms with van der Waals surface area (Å²) in [5, 5.41) is 1.80. The molecule has 6 heteroatoms. The van der Waals surface area contributed by atoms with Gasteiger partial charge in [0.05, 0.1) is 0 Å². The highest BCUT2D eigenvalue weighted by Gasteiger charge is 2.12. The average molecular weight is 377 g/mol. The lowest BCUT2D eigenvalue weighted by atomic mass is 10.2. The second kappa shape index (κ2) is 8.04. The number of nitrogens with zero attached hydrogens (tertiary/aromatic N) is 1. The van der Waals surface area contributed by atoms with Crippen LogP contribution in [0.4, 0.5) is 5.69 Å². The molecule has 1 saturated heterocycles. The molecule has 2 aromatic carbocycles. The van der Waals surface area contributed by atoms with Crippen LogP contribution in [-0.2, 0) is 16.6 Å². The second-order valence-corrected chi connectivity index (χ2v) is 8.17. The summed E-state index contributed by atoms with van der Waals surface area (Å²) in [6.45, 7) is 2.47. The molecule has 0 unspecified atom stereocenters. The van der Waals surface area contributed by atoms with Crippen LogP contribution >= 0.6 is 11.6 Å². The van der Waals surface area contributed by atoms with Gasteiger partial charge in [-0.25, -0.2) is 13.1 Å². The van der Waals surface area contributed by atoms with Crippen molar-refractivity contribution in [2.24, 2.45) is 0 Å². The van der Waals surface area contributed by atoms with E-state index in [0.29, 0.717) is 5.02 Å².